The van der Waals surface area contributed by atoms with Crippen LogP contribution in [-0.4, -0.2) is 32.3 Å². The van der Waals surface area contributed by atoms with Gasteiger partial charge in [-0.3, -0.25) is 9.36 Å². The highest BCUT2D eigenvalue weighted by atomic mass is 16.5. The Hall–Kier alpha value is -4.20. The fraction of sp³-hybridized carbons (Fsp3) is 0.0909. The lowest BCUT2D eigenvalue weighted by Gasteiger charge is -2.09. The van der Waals surface area contributed by atoms with Crippen LogP contribution in [-0.2, 0) is 4.79 Å². The summed E-state index contributed by atoms with van der Waals surface area (Å²) in [7, 11) is 0. The molecule has 2 aromatic heterocycles. The Labute approximate surface area is 173 Å². The summed E-state index contributed by atoms with van der Waals surface area (Å²) >= 11 is 0. The monoisotopic (exact) mass is 401 g/mol. The molecule has 0 spiro atoms. The highest BCUT2D eigenvalue weighted by Gasteiger charge is 2.06. The van der Waals surface area contributed by atoms with Crippen molar-refractivity contribution in [2.75, 3.05) is 11.9 Å². The Kier molecular flexibility index (Phi) is 5.66. The SMILES string of the molecule is Cc1cccc(OCC(=O)Nc2ccc(Oc3ccc(-n4ccnc4)nn3)cc2)c1. The van der Waals surface area contributed by atoms with Crippen molar-refractivity contribution in [1.82, 2.24) is 19.7 Å². The Morgan fingerprint density at radius 3 is 2.60 bits per heavy atom. The number of nitrogens with zero attached hydrogens (tertiary/aromatic N) is 4. The summed E-state index contributed by atoms with van der Waals surface area (Å²) in [5.74, 6) is 2.00. The molecule has 4 aromatic rings. The van der Waals surface area contributed by atoms with E-state index in [-0.39, 0.29) is 12.5 Å². The number of carbonyl (C=O) groups excluding carboxylic acids is 1. The molecule has 2 aromatic carbocycles. The molecule has 8 nitrogen and oxygen atoms in total. The van der Waals surface area contributed by atoms with Crippen molar-refractivity contribution in [1.29, 1.82) is 0 Å². The van der Waals surface area contributed by atoms with Crippen LogP contribution < -0.4 is 14.8 Å². The number of ether oxygens (including phenoxy) is 2. The smallest absolute Gasteiger partial charge is 0.262 e. The summed E-state index contributed by atoms with van der Waals surface area (Å²) in [5, 5.41) is 10.9. The van der Waals surface area contributed by atoms with Crippen LogP contribution in [0.4, 0.5) is 5.69 Å². The minimum absolute atomic E-state index is 0.0689. The molecule has 30 heavy (non-hydrogen) atoms. The lowest BCUT2D eigenvalue weighted by atomic mass is 10.2. The van der Waals surface area contributed by atoms with Crippen LogP contribution in [0.15, 0.2) is 79.4 Å². The fourth-order valence-electron chi connectivity index (χ4n) is 2.68. The molecular weight excluding hydrogens is 382 g/mol. The molecule has 0 unspecified atom stereocenters. The largest absolute Gasteiger partial charge is 0.484 e. The van der Waals surface area contributed by atoms with Crippen molar-refractivity contribution in [3.8, 4) is 23.2 Å². The van der Waals surface area contributed by atoms with Crippen LogP contribution >= 0.6 is 0 Å². The molecule has 0 aliphatic carbocycles. The molecule has 0 saturated heterocycles. The normalized spacial score (nSPS) is 10.4. The number of amides is 1. The second-order valence-corrected chi connectivity index (χ2v) is 6.48. The first-order valence-corrected chi connectivity index (χ1v) is 9.25. The van der Waals surface area contributed by atoms with Gasteiger partial charge < -0.3 is 14.8 Å². The van der Waals surface area contributed by atoms with Crippen molar-refractivity contribution in [2.24, 2.45) is 0 Å². The van der Waals surface area contributed by atoms with Gasteiger partial charge in [-0.25, -0.2) is 4.98 Å². The Morgan fingerprint density at radius 1 is 1.03 bits per heavy atom. The van der Waals surface area contributed by atoms with Gasteiger partial charge in [-0.2, -0.15) is 0 Å². The van der Waals surface area contributed by atoms with Gasteiger partial charge in [0.25, 0.3) is 5.91 Å². The first kappa shape index (κ1) is 19.1. The van der Waals surface area contributed by atoms with Gasteiger partial charge in [0.05, 0.1) is 0 Å². The second kappa shape index (κ2) is 8.87. The van der Waals surface area contributed by atoms with E-state index in [1.54, 1.807) is 59.7 Å². The molecule has 0 aliphatic heterocycles. The predicted octanol–water partition coefficient (Wildman–Crippen LogP) is 3.78. The Balaban J connectivity index is 1.30. The minimum atomic E-state index is -0.244. The Morgan fingerprint density at radius 2 is 1.90 bits per heavy atom. The molecule has 0 aliphatic rings. The molecule has 0 radical (unpaired) electrons. The van der Waals surface area contributed by atoms with E-state index in [1.807, 2.05) is 31.2 Å². The van der Waals surface area contributed by atoms with Crippen LogP contribution in [0.1, 0.15) is 5.56 Å². The highest BCUT2D eigenvalue weighted by Crippen LogP contribution is 2.21. The van der Waals surface area contributed by atoms with Gasteiger partial charge in [0, 0.05) is 24.1 Å². The summed E-state index contributed by atoms with van der Waals surface area (Å²) < 4.78 is 12.9. The third-order valence-corrected chi connectivity index (χ3v) is 4.11. The summed E-state index contributed by atoms with van der Waals surface area (Å²) in [6.07, 6.45) is 5.09. The topological polar surface area (TPSA) is 91.2 Å². The van der Waals surface area contributed by atoms with Crippen LogP contribution in [0.25, 0.3) is 5.82 Å². The summed E-state index contributed by atoms with van der Waals surface area (Å²) in [5.41, 5.74) is 1.71. The van der Waals surface area contributed by atoms with Crippen LogP contribution in [0.2, 0.25) is 0 Å². The number of aromatic nitrogens is 4. The van der Waals surface area contributed by atoms with Crippen molar-refractivity contribution < 1.29 is 14.3 Å². The average Bonchev–Trinajstić information content (AvgIpc) is 3.29. The number of imidazole rings is 1. The molecule has 4 rings (SSSR count). The number of rotatable bonds is 7. The maximum absolute atomic E-state index is 12.1. The standard InChI is InChI=1S/C22H19N5O3/c1-16-3-2-4-19(13-16)29-14-21(28)24-17-5-7-18(8-6-17)30-22-10-9-20(25-26-22)27-12-11-23-15-27/h2-13,15H,14H2,1H3,(H,24,28). The van der Waals surface area contributed by atoms with E-state index in [9.17, 15) is 4.79 Å². The molecule has 0 saturated carbocycles. The molecular formula is C22H19N5O3. The molecule has 0 fully saturated rings. The van der Waals surface area contributed by atoms with Crippen molar-refractivity contribution in [3.05, 3.63) is 84.9 Å². The zero-order valence-electron chi connectivity index (χ0n) is 16.2. The van der Waals surface area contributed by atoms with E-state index < -0.39 is 0 Å². The predicted molar refractivity (Wildman–Crippen MR) is 111 cm³/mol. The number of benzene rings is 2. The number of carbonyl (C=O) groups is 1. The molecule has 150 valence electrons. The number of hydrogen-bond acceptors (Lipinski definition) is 6. The van der Waals surface area contributed by atoms with Crippen molar-refractivity contribution in [3.63, 3.8) is 0 Å². The lowest BCUT2D eigenvalue weighted by molar-refractivity contribution is -0.118. The molecule has 0 atom stereocenters. The Bertz CT molecular complexity index is 1110. The summed E-state index contributed by atoms with van der Waals surface area (Å²) in [6.45, 7) is 1.90. The zero-order valence-corrected chi connectivity index (χ0v) is 16.2. The van der Waals surface area contributed by atoms with Gasteiger partial charge in [0.15, 0.2) is 12.4 Å². The van der Waals surface area contributed by atoms with Gasteiger partial charge in [0.2, 0.25) is 5.88 Å². The first-order valence-electron chi connectivity index (χ1n) is 9.25. The zero-order chi connectivity index (χ0) is 20.8. The highest BCUT2D eigenvalue weighted by molar-refractivity contribution is 5.91. The molecule has 8 heteroatoms. The van der Waals surface area contributed by atoms with Gasteiger partial charge in [-0.05, 0) is 55.0 Å². The van der Waals surface area contributed by atoms with E-state index in [2.05, 4.69) is 20.5 Å². The maximum atomic E-state index is 12.1. The van der Waals surface area contributed by atoms with Crippen LogP contribution in [0.3, 0.4) is 0 Å². The summed E-state index contributed by atoms with van der Waals surface area (Å²) in [4.78, 5) is 16.1. The van der Waals surface area contributed by atoms with Gasteiger partial charge in [-0.15, -0.1) is 10.2 Å². The van der Waals surface area contributed by atoms with E-state index >= 15 is 0 Å². The number of hydrogen-bond donors (Lipinski definition) is 1. The first-order chi connectivity index (χ1) is 14.7. The van der Waals surface area contributed by atoms with Crippen molar-refractivity contribution in [2.45, 2.75) is 6.92 Å². The molecule has 2 heterocycles. The van der Waals surface area contributed by atoms with Crippen molar-refractivity contribution >= 4 is 11.6 Å². The number of nitrogens with one attached hydrogen (secondary N) is 1. The molecule has 1 N–H and O–H groups in total. The fourth-order valence-corrected chi connectivity index (χ4v) is 2.68. The van der Waals surface area contributed by atoms with E-state index in [4.69, 9.17) is 9.47 Å². The van der Waals surface area contributed by atoms with Gasteiger partial charge in [-0.1, -0.05) is 12.1 Å². The third kappa shape index (κ3) is 4.99. The maximum Gasteiger partial charge on any atom is 0.262 e. The van der Waals surface area contributed by atoms with E-state index in [0.29, 0.717) is 28.9 Å². The quantitative estimate of drug-likeness (QED) is 0.507. The van der Waals surface area contributed by atoms with E-state index in [1.165, 1.54) is 0 Å². The average molecular weight is 401 g/mol. The third-order valence-electron chi connectivity index (χ3n) is 4.11. The van der Waals surface area contributed by atoms with Crippen LogP contribution in [0.5, 0.6) is 17.4 Å². The molecule has 1 amide bonds. The van der Waals surface area contributed by atoms with Crippen LogP contribution in [0, 0.1) is 6.92 Å². The van der Waals surface area contributed by atoms with Gasteiger partial charge in [0.1, 0.15) is 17.8 Å². The lowest BCUT2D eigenvalue weighted by Crippen LogP contribution is -2.20. The summed E-state index contributed by atoms with van der Waals surface area (Å²) in [6, 6.07) is 18.0. The van der Waals surface area contributed by atoms with E-state index in [0.717, 1.165) is 5.56 Å². The number of aryl methyl sites for hydroxylation is 1. The second-order valence-electron chi connectivity index (χ2n) is 6.48. The minimum Gasteiger partial charge on any atom is -0.484 e. The number of anilines is 1. The molecule has 0 bridgehead atoms. The van der Waals surface area contributed by atoms with Gasteiger partial charge >= 0.3 is 0 Å².